The number of carboxylic acid groups (broad SMARTS) is 1. The molecule has 2 rings (SSSR count). The van der Waals surface area contributed by atoms with Crippen LogP contribution in [-0.4, -0.2) is 27.9 Å². The first kappa shape index (κ1) is 24.6. The van der Waals surface area contributed by atoms with E-state index in [1.807, 2.05) is 26.0 Å². The molecule has 3 N–H and O–H groups in total. The molecule has 0 aliphatic carbocycles. The van der Waals surface area contributed by atoms with E-state index in [9.17, 15) is 20.1 Å². The van der Waals surface area contributed by atoms with Crippen molar-refractivity contribution in [3.05, 3.63) is 52.1 Å². The molecule has 2 aromatic rings. The van der Waals surface area contributed by atoms with E-state index in [4.69, 9.17) is 4.74 Å². The van der Waals surface area contributed by atoms with Crippen LogP contribution in [0, 0.1) is 0 Å². The van der Waals surface area contributed by atoms with E-state index in [0.717, 1.165) is 66.5 Å². The Bertz CT molecular complexity index is 859. The van der Waals surface area contributed by atoms with Gasteiger partial charge >= 0.3 is 5.97 Å². The molecule has 0 aromatic heterocycles. The van der Waals surface area contributed by atoms with Crippen LogP contribution in [0.1, 0.15) is 91.9 Å². The lowest BCUT2D eigenvalue weighted by molar-refractivity contribution is 0.0696. The number of benzene rings is 2. The predicted octanol–water partition coefficient (Wildman–Crippen LogP) is 6.23. The van der Waals surface area contributed by atoms with E-state index in [2.05, 4.69) is 13.8 Å². The number of carbonyl (C=O) groups is 1. The van der Waals surface area contributed by atoms with Gasteiger partial charge in [-0.05, 0) is 66.8 Å². The molecule has 0 saturated carbocycles. The molecule has 0 saturated heterocycles. The zero-order valence-corrected chi connectivity index (χ0v) is 19.2. The lowest BCUT2D eigenvalue weighted by atomic mass is 9.97. The largest absolute Gasteiger partial charge is 0.504 e. The molecule has 0 heterocycles. The van der Waals surface area contributed by atoms with Gasteiger partial charge in [-0.15, -0.1) is 0 Å². The number of rotatable bonds is 12. The van der Waals surface area contributed by atoms with Crippen molar-refractivity contribution in [1.82, 2.24) is 0 Å². The second-order valence-electron chi connectivity index (χ2n) is 8.40. The Kier molecular flexibility index (Phi) is 9.22. The van der Waals surface area contributed by atoms with Crippen LogP contribution in [-0.2, 0) is 19.3 Å². The molecule has 0 radical (unpaired) electrons. The van der Waals surface area contributed by atoms with E-state index < -0.39 is 5.97 Å². The Morgan fingerprint density at radius 3 is 2.03 bits per heavy atom. The predicted molar refractivity (Wildman–Crippen MR) is 124 cm³/mol. The molecule has 0 amide bonds. The lowest BCUT2D eigenvalue weighted by Crippen LogP contribution is -2.07. The molecule has 170 valence electrons. The number of ether oxygens (including phenoxy) is 1. The van der Waals surface area contributed by atoms with E-state index >= 15 is 0 Å². The molecule has 0 aliphatic heterocycles. The first-order valence-corrected chi connectivity index (χ1v) is 11.4. The van der Waals surface area contributed by atoms with Crippen molar-refractivity contribution in [2.45, 2.75) is 78.6 Å². The van der Waals surface area contributed by atoms with Gasteiger partial charge in [0.2, 0.25) is 0 Å². The summed E-state index contributed by atoms with van der Waals surface area (Å²) in [6, 6.07) is 7.23. The van der Waals surface area contributed by atoms with Crippen molar-refractivity contribution in [3.63, 3.8) is 0 Å². The summed E-state index contributed by atoms with van der Waals surface area (Å²) >= 11 is 0. The van der Waals surface area contributed by atoms with Gasteiger partial charge < -0.3 is 20.1 Å². The van der Waals surface area contributed by atoms with Gasteiger partial charge in [0.15, 0.2) is 11.5 Å². The summed E-state index contributed by atoms with van der Waals surface area (Å²) in [6.07, 6.45) is 5.66. The first-order chi connectivity index (χ1) is 14.8. The quantitative estimate of drug-likeness (QED) is 0.276. The van der Waals surface area contributed by atoms with Crippen LogP contribution in [0.4, 0.5) is 0 Å². The number of unbranched alkanes of at least 4 members (excludes halogenated alkanes) is 1. The fourth-order valence-corrected chi connectivity index (χ4v) is 3.87. The third-order valence-corrected chi connectivity index (χ3v) is 5.50. The number of phenolic OH excluding ortho intramolecular Hbond substituents is 2. The summed E-state index contributed by atoms with van der Waals surface area (Å²) in [5.41, 5.74) is 3.72. The van der Waals surface area contributed by atoms with E-state index in [-0.39, 0.29) is 17.4 Å². The number of aromatic hydroxyl groups is 2. The van der Waals surface area contributed by atoms with Gasteiger partial charge in [-0.2, -0.15) is 0 Å². The zero-order valence-electron chi connectivity index (χ0n) is 19.2. The van der Waals surface area contributed by atoms with Crippen LogP contribution in [0.2, 0.25) is 0 Å². The van der Waals surface area contributed by atoms with Crippen molar-refractivity contribution >= 4 is 5.97 Å². The molecule has 5 nitrogen and oxygen atoms in total. The Balaban J connectivity index is 2.03. The Hall–Kier alpha value is -2.69. The van der Waals surface area contributed by atoms with Crippen LogP contribution in [0.15, 0.2) is 24.3 Å². The maximum atomic E-state index is 11.5. The van der Waals surface area contributed by atoms with Crippen molar-refractivity contribution < 1.29 is 24.9 Å². The highest BCUT2D eigenvalue weighted by Gasteiger charge is 2.16. The molecular formula is C26H36O5. The standard InChI is InChI=1S/C26H36O5/c1-5-9-19-15-21(26(29)30)16-20(10-6-2)25(19)31-14-8-7-11-18-12-13-22(17(3)4)24(28)23(18)27/h12-13,15-17,27-28H,5-11,14H2,1-4H3,(H,29,30). The normalized spacial score (nSPS) is 11.1. The molecule has 2 aromatic carbocycles. The SMILES string of the molecule is CCCc1cc(C(=O)O)cc(CCC)c1OCCCCc1ccc(C(C)C)c(O)c1O. The monoisotopic (exact) mass is 428 g/mol. The highest BCUT2D eigenvalue weighted by Crippen LogP contribution is 2.37. The van der Waals surface area contributed by atoms with E-state index in [0.29, 0.717) is 18.6 Å². The summed E-state index contributed by atoms with van der Waals surface area (Å²) in [7, 11) is 0. The average Bonchev–Trinajstić information content (AvgIpc) is 2.72. The van der Waals surface area contributed by atoms with Crippen LogP contribution in [0.25, 0.3) is 0 Å². The third kappa shape index (κ3) is 6.39. The maximum absolute atomic E-state index is 11.5. The molecule has 31 heavy (non-hydrogen) atoms. The summed E-state index contributed by atoms with van der Waals surface area (Å²) < 4.78 is 6.15. The molecule has 0 fully saturated rings. The first-order valence-electron chi connectivity index (χ1n) is 11.4. The minimum Gasteiger partial charge on any atom is -0.504 e. The topological polar surface area (TPSA) is 87.0 Å². The molecule has 0 spiro atoms. The number of phenols is 2. The average molecular weight is 429 g/mol. The second-order valence-corrected chi connectivity index (χ2v) is 8.40. The molecule has 0 aliphatic rings. The molecule has 0 unspecified atom stereocenters. The van der Waals surface area contributed by atoms with Gasteiger partial charge in [0, 0.05) is 5.56 Å². The lowest BCUT2D eigenvalue weighted by Gasteiger charge is -2.17. The highest BCUT2D eigenvalue weighted by molar-refractivity contribution is 5.88. The Morgan fingerprint density at radius 2 is 1.52 bits per heavy atom. The van der Waals surface area contributed by atoms with E-state index in [1.165, 1.54) is 0 Å². The highest BCUT2D eigenvalue weighted by atomic mass is 16.5. The van der Waals surface area contributed by atoms with Gasteiger partial charge in [0.1, 0.15) is 5.75 Å². The minimum atomic E-state index is -0.909. The Labute approximate surface area is 185 Å². The smallest absolute Gasteiger partial charge is 0.335 e. The van der Waals surface area contributed by atoms with Crippen LogP contribution in [0.3, 0.4) is 0 Å². The van der Waals surface area contributed by atoms with Crippen LogP contribution >= 0.6 is 0 Å². The maximum Gasteiger partial charge on any atom is 0.335 e. The summed E-state index contributed by atoms with van der Waals surface area (Å²) in [5.74, 6) is 0.0290. The van der Waals surface area contributed by atoms with Crippen molar-refractivity contribution in [3.8, 4) is 17.2 Å². The number of carboxylic acids is 1. The molecule has 5 heteroatoms. The fourth-order valence-electron chi connectivity index (χ4n) is 3.87. The van der Waals surface area contributed by atoms with Gasteiger partial charge in [-0.1, -0.05) is 52.7 Å². The molecular weight excluding hydrogens is 392 g/mol. The molecule has 0 atom stereocenters. The van der Waals surface area contributed by atoms with Gasteiger partial charge in [0.25, 0.3) is 0 Å². The van der Waals surface area contributed by atoms with Gasteiger partial charge in [0.05, 0.1) is 12.2 Å². The van der Waals surface area contributed by atoms with Crippen molar-refractivity contribution in [2.24, 2.45) is 0 Å². The molecule has 0 bridgehead atoms. The second kappa shape index (κ2) is 11.6. The number of aryl methyl sites for hydroxylation is 3. The number of hydrogen-bond donors (Lipinski definition) is 3. The van der Waals surface area contributed by atoms with Crippen LogP contribution < -0.4 is 4.74 Å². The van der Waals surface area contributed by atoms with Crippen molar-refractivity contribution in [2.75, 3.05) is 6.61 Å². The Morgan fingerprint density at radius 1 is 0.903 bits per heavy atom. The zero-order chi connectivity index (χ0) is 23.0. The number of hydrogen-bond acceptors (Lipinski definition) is 4. The summed E-state index contributed by atoms with van der Waals surface area (Å²) in [6.45, 7) is 8.63. The van der Waals surface area contributed by atoms with Crippen molar-refractivity contribution in [1.29, 1.82) is 0 Å². The summed E-state index contributed by atoms with van der Waals surface area (Å²) in [4.78, 5) is 11.5. The third-order valence-electron chi connectivity index (χ3n) is 5.50. The summed E-state index contributed by atoms with van der Waals surface area (Å²) in [5, 5.41) is 29.9. The van der Waals surface area contributed by atoms with E-state index in [1.54, 1.807) is 12.1 Å². The number of aromatic carboxylic acids is 1. The van der Waals surface area contributed by atoms with Crippen LogP contribution in [0.5, 0.6) is 17.2 Å². The minimum absolute atomic E-state index is 0.0179. The fraction of sp³-hybridized carbons (Fsp3) is 0.500. The van der Waals surface area contributed by atoms with Gasteiger partial charge in [-0.25, -0.2) is 4.79 Å². The van der Waals surface area contributed by atoms with Gasteiger partial charge in [-0.3, -0.25) is 0 Å².